The third-order valence-electron chi connectivity index (χ3n) is 7.36. The third kappa shape index (κ3) is 16.8. The number of aliphatic imine (C=N–C) groups is 1. The van der Waals surface area contributed by atoms with E-state index >= 15 is 0 Å². The zero-order valence-electron chi connectivity index (χ0n) is 27.2. The number of allylic oxidation sites excluding steroid dienone is 4. The molecular formula is C37H53ClF3N. The van der Waals surface area contributed by atoms with E-state index in [9.17, 15) is 13.2 Å². The Morgan fingerprint density at radius 1 is 0.952 bits per heavy atom. The Morgan fingerprint density at radius 3 is 1.90 bits per heavy atom. The summed E-state index contributed by atoms with van der Waals surface area (Å²) in [4.78, 5) is 3.55. The summed E-state index contributed by atoms with van der Waals surface area (Å²) in [5.41, 5.74) is 5.39. The predicted molar refractivity (Wildman–Crippen MR) is 180 cm³/mol. The quantitative estimate of drug-likeness (QED) is 0.177. The van der Waals surface area contributed by atoms with Crippen LogP contribution in [0.3, 0.4) is 0 Å². The molecule has 0 aromatic heterocycles. The van der Waals surface area contributed by atoms with Gasteiger partial charge >= 0.3 is 6.18 Å². The first kappa shape index (κ1) is 39.4. The summed E-state index contributed by atoms with van der Waals surface area (Å²) in [6.07, 6.45) is 6.00. The molecule has 0 bridgehead atoms. The second-order valence-corrected chi connectivity index (χ2v) is 11.6. The van der Waals surface area contributed by atoms with Crippen LogP contribution in [0.1, 0.15) is 90.3 Å². The maximum atomic E-state index is 12.2. The van der Waals surface area contributed by atoms with Crippen LogP contribution >= 0.6 is 11.6 Å². The number of nitrogens with zero attached hydrogens (tertiary/aromatic N) is 1. The lowest BCUT2D eigenvalue weighted by Crippen LogP contribution is -2.12. The summed E-state index contributed by atoms with van der Waals surface area (Å²) in [7, 11) is 1.42. The van der Waals surface area contributed by atoms with Crippen LogP contribution < -0.4 is 0 Å². The first-order valence-electron chi connectivity index (χ1n) is 15.0. The van der Waals surface area contributed by atoms with Crippen molar-refractivity contribution in [1.82, 2.24) is 0 Å². The summed E-state index contributed by atoms with van der Waals surface area (Å²) < 4.78 is 36.7. The maximum Gasteiger partial charge on any atom is 0.413 e. The summed E-state index contributed by atoms with van der Waals surface area (Å²) >= 11 is 5.67. The van der Waals surface area contributed by atoms with Crippen LogP contribution in [-0.2, 0) is 12.8 Å². The van der Waals surface area contributed by atoms with Gasteiger partial charge in [0.1, 0.15) is 0 Å². The molecule has 42 heavy (non-hydrogen) atoms. The largest absolute Gasteiger partial charge is 0.413 e. The van der Waals surface area contributed by atoms with E-state index in [1.165, 1.54) is 81.0 Å². The van der Waals surface area contributed by atoms with Gasteiger partial charge in [-0.25, -0.2) is 0 Å². The highest BCUT2D eigenvalue weighted by Crippen LogP contribution is 2.32. The lowest BCUT2D eigenvalue weighted by molar-refractivity contribution is -0.0916. The fourth-order valence-electron chi connectivity index (χ4n) is 4.44. The lowest BCUT2D eigenvalue weighted by atomic mass is 9.80. The molecule has 0 spiro atoms. The Labute approximate surface area is 259 Å². The molecule has 0 atom stereocenters. The molecule has 0 aliphatic heterocycles. The van der Waals surface area contributed by atoms with Gasteiger partial charge in [0, 0.05) is 29.4 Å². The molecule has 1 fully saturated rings. The minimum absolute atomic E-state index is 0.0509. The fourth-order valence-corrected chi connectivity index (χ4v) is 4.57. The van der Waals surface area contributed by atoms with E-state index in [4.69, 9.17) is 11.6 Å². The normalized spacial score (nSPS) is 17.0. The van der Waals surface area contributed by atoms with Crippen molar-refractivity contribution in [2.24, 2.45) is 16.8 Å². The molecule has 0 N–H and O–H groups in total. The Kier molecular flexibility index (Phi) is 19.8. The molecule has 0 amide bonds. The molecule has 2 aromatic rings. The molecule has 1 nitrogen and oxygen atoms in total. The highest BCUT2D eigenvalue weighted by atomic mass is 35.5. The molecule has 2 aromatic carbocycles. The van der Waals surface area contributed by atoms with Gasteiger partial charge in [-0.1, -0.05) is 107 Å². The summed E-state index contributed by atoms with van der Waals surface area (Å²) in [6, 6.07) is 16.5. The van der Waals surface area contributed by atoms with E-state index in [0.717, 1.165) is 30.2 Å². The molecular weight excluding hydrogens is 551 g/mol. The maximum absolute atomic E-state index is 12.2. The molecule has 234 valence electrons. The van der Waals surface area contributed by atoms with Crippen molar-refractivity contribution in [2.45, 2.75) is 99.6 Å². The van der Waals surface area contributed by atoms with Crippen molar-refractivity contribution in [2.75, 3.05) is 7.05 Å². The average molecular weight is 604 g/mol. The van der Waals surface area contributed by atoms with Crippen molar-refractivity contribution in [3.05, 3.63) is 106 Å². The minimum atomic E-state index is -4.31. The molecule has 3 rings (SSSR count). The lowest BCUT2D eigenvalue weighted by Gasteiger charge is -2.26. The fraction of sp³-hybridized carbons (Fsp3) is 0.486. The van der Waals surface area contributed by atoms with Gasteiger partial charge in [-0.2, -0.15) is 13.2 Å². The Bertz CT molecular complexity index is 1120. The summed E-state index contributed by atoms with van der Waals surface area (Å²) in [6.45, 7) is 21.0. The van der Waals surface area contributed by atoms with E-state index in [0.29, 0.717) is 5.57 Å². The smallest absolute Gasteiger partial charge is 0.296 e. The second-order valence-electron chi connectivity index (χ2n) is 11.2. The molecule has 5 heteroatoms. The van der Waals surface area contributed by atoms with Gasteiger partial charge in [-0.15, -0.1) is 0 Å². The second kappa shape index (κ2) is 21.2. The van der Waals surface area contributed by atoms with E-state index in [-0.39, 0.29) is 5.57 Å². The number of hydrogen-bond donors (Lipinski definition) is 0. The van der Waals surface area contributed by atoms with Crippen LogP contribution in [0, 0.1) is 18.8 Å². The van der Waals surface area contributed by atoms with E-state index in [1.54, 1.807) is 0 Å². The van der Waals surface area contributed by atoms with Crippen LogP contribution in [0.15, 0.2) is 89.0 Å². The molecule has 0 saturated heterocycles. The van der Waals surface area contributed by atoms with Crippen molar-refractivity contribution in [1.29, 1.82) is 0 Å². The van der Waals surface area contributed by atoms with Crippen molar-refractivity contribution < 1.29 is 13.2 Å². The number of hydrogen-bond acceptors (Lipinski definition) is 1. The Hall–Kier alpha value is -2.59. The van der Waals surface area contributed by atoms with Crippen LogP contribution in [0.5, 0.6) is 0 Å². The van der Waals surface area contributed by atoms with Crippen molar-refractivity contribution in [3.63, 3.8) is 0 Å². The van der Waals surface area contributed by atoms with Gasteiger partial charge in [0.2, 0.25) is 0 Å². The van der Waals surface area contributed by atoms with Crippen LogP contribution in [0.25, 0.3) is 0 Å². The van der Waals surface area contributed by atoms with Crippen LogP contribution in [-0.4, -0.2) is 19.4 Å². The van der Waals surface area contributed by atoms with Crippen LogP contribution in [0.2, 0.25) is 5.02 Å². The number of rotatable bonds is 6. The number of halogens is 4. The predicted octanol–water partition coefficient (Wildman–Crippen LogP) is 12.4. The monoisotopic (exact) mass is 603 g/mol. The Balaban J connectivity index is 0.000000538. The summed E-state index contributed by atoms with van der Waals surface area (Å²) in [5.74, 6) is 1.81. The van der Waals surface area contributed by atoms with E-state index in [1.807, 2.05) is 24.3 Å². The van der Waals surface area contributed by atoms with Gasteiger partial charge in [0.05, 0.1) is 0 Å². The third-order valence-corrected chi connectivity index (χ3v) is 7.61. The molecule has 0 unspecified atom stereocenters. The highest BCUT2D eigenvalue weighted by molar-refractivity contribution is 6.30. The average Bonchev–Trinajstić information content (AvgIpc) is 2.94. The topological polar surface area (TPSA) is 12.4 Å². The molecule has 0 heterocycles. The standard InChI is InChI=1S/C10H18.C10H14.C9H12F3N.C8H9Cl/c1-8(2)10-6-4-9(3)5-7-10;1-3-6-10-8-5-4-7-9(10)2;1-6(2)8(5-13-4)7(3)9(10,11)12;1-2-7-3-5-8(9)6-4-7/h9-10H,1,4-7H2,2-3H3;4-5,7-8H,3,6H2,1-2H3;5H,1H2,2-4H3;3-6H,2H2,1H3/b;;8-7-,13-5?;. The van der Waals surface area contributed by atoms with Gasteiger partial charge in [-0.3, -0.25) is 4.99 Å². The SMILES string of the molecule is C=C(C)/C(C=NC)=C(/C)C(F)(F)F.C=C(C)C1CCC(C)CC1.CCCc1ccccc1C.CCc1ccc(Cl)cc1. The summed E-state index contributed by atoms with van der Waals surface area (Å²) in [5, 5.41) is 0.812. The highest BCUT2D eigenvalue weighted by Gasteiger charge is 2.32. The van der Waals surface area contributed by atoms with Gasteiger partial charge in [0.25, 0.3) is 0 Å². The van der Waals surface area contributed by atoms with Gasteiger partial charge in [-0.05, 0) is 99.6 Å². The van der Waals surface area contributed by atoms with Crippen molar-refractivity contribution >= 4 is 17.8 Å². The van der Waals surface area contributed by atoms with E-state index in [2.05, 4.69) is 77.0 Å². The molecule has 1 aliphatic carbocycles. The first-order valence-corrected chi connectivity index (χ1v) is 15.4. The number of alkyl halides is 3. The molecule has 0 radical (unpaired) electrons. The van der Waals surface area contributed by atoms with Gasteiger partial charge in [0.15, 0.2) is 0 Å². The molecule has 1 aliphatic rings. The zero-order chi connectivity index (χ0) is 32.3. The molecule has 1 saturated carbocycles. The Morgan fingerprint density at radius 2 is 1.50 bits per heavy atom. The van der Waals surface area contributed by atoms with Crippen LogP contribution in [0.4, 0.5) is 13.2 Å². The minimum Gasteiger partial charge on any atom is -0.296 e. The van der Waals surface area contributed by atoms with E-state index < -0.39 is 11.7 Å². The first-order chi connectivity index (χ1) is 19.7. The zero-order valence-corrected chi connectivity index (χ0v) is 27.9. The number of benzene rings is 2. The van der Waals surface area contributed by atoms with Crippen molar-refractivity contribution in [3.8, 4) is 0 Å². The number of aryl methyl sites for hydroxylation is 3. The van der Waals surface area contributed by atoms with Gasteiger partial charge < -0.3 is 0 Å².